The Labute approximate surface area is 168 Å². The molecule has 2 aromatic heterocycles. The summed E-state index contributed by atoms with van der Waals surface area (Å²) in [5.41, 5.74) is 3.92. The molecule has 4 rings (SSSR count). The number of fused-ring (bicyclic) bond motifs is 3. The zero-order valence-corrected chi connectivity index (χ0v) is 16.2. The van der Waals surface area contributed by atoms with Crippen LogP contribution in [0.25, 0.3) is 21.8 Å². The van der Waals surface area contributed by atoms with E-state index in [9.17, 15) is 9.59 Å². The number of rotatable bonds is 6. The van der Waals surface area contributed by atoms with Crippen LogP contribution in [0.5, 0.6) is 0 Å². The number of carbonyl (C=O) groups is 2. The second kappa shape index (κ2) is 8.14. The molecule has 4 aromatic rings. The third kappa shape index (κ3) is 3.96. The fourth-order valence-electron chi connectivity index (χ4n) is 3.38. The van der Waals surface area contributed by atoms with Crippen molar-refractivity contribution in [2.75, 3.05) is 13.1 Å². The highest BCUT2D eigenvalue weighted by Crippen LogP contribution is 2.24. The maximum atomic E-state index is 12.4. The van der Waals surface area contributed by atoms with Gasteiger partial charge in [-0.1, -0.05) is 36.4 Å². The monoisotopic (exact) mass is 386 g/mol. The number of hydrogen-bond donors (Lipinski definition) is 3. The Morgan fingerprint density at radius 2 is 1.62 bits per heavy atom. The zero-order chi connectivity index (χ0) is 20.2. The van der Waals surface area contributed by atoms with Crippen molar-refractivity contribution in [2.45, 2.75) is 13.3 Å². The van der Waals surface area contributed by atoms with Gasteiger partial charge in [0.15, 0.2) is 0 Å². The minimum atomic E-state index is -0.220. The Balaban J connectivity index is 1.31. The number of aryl methyl sites for hydroxylation is 1. The predicted octanol–water partition coefficient (Wildman–Crippen LogP) is 3.57. The van der Waals surface area contributed by atoms with Gasteiger partial charge in [-0.3, -0.25) is 9.59 Å². The van der Waals surface area contributed by atoms with Gasteiger partial charge in [0, 0.05) is 34.9 Å². The van der Waals surface area contributed by atoms with E-state index in [2.05, 4.69) is 20.6 Å². The van der Waals surface area contributed by atoms with Gasteiger partial charge in [-0.05, 0) is 37.1 Å². The molecule has 0 aliphatic rings. The van der Waals surface area contributed by atoms with Crippen molar-refractivity contribution in [2.24, 2.45) is 0 Å². The summed E-state index contributed by atoms with van der Waals surface area (Å²) in [5, 5.41) is 7.80. The molecule has 0 atom stereocenters. The first-order chi connectivity index (χ1) is 14.1. The van der Waals surface area contributed by atoms with Crippen LogP contribution in [0.1, 0.15) is 32.8 Å². The van der Waals surface area contributed by atoms with Gasteiger partial charge in [0.1, 0.15) is 5.69 Å². The lowest BCUT2D eigenvalue weighted by atomic mass is 10.1. The smallest absolute Gasteiger partial charge is 0.269 e. The molecular weight excluding hydrogens is 364 g/mol. The molecule has 2 heterocycles. The summed E-state index contributed by atoms with van der Waals surface area (Å²) in [6, 6.07) is 17.2. The van der Waals surface area contributed by atoms with Crippen LogP contribution < -0.4 is 10.6 Å². The first-order valence-corrected chi connectivity index (χ1v) is 9.62. The second-order valence-corrected chi connectivity index (χ2v) is 6.97. The normalized spacial score (nSPS) is 10.9. The molecule has 29 heavy (non-hydrogen) atoms. The van der Waals surface area contributed by atoms with Gasteiger partial charge in [-0.2, -0.15) is 0 Å². The first-order valence-electron chi connectivity index (χ1n) is 9.62. The van der Waals surface area contributed by atoms with Crippen LogP contribution in [0.3, 0.4) is 0 Å². The van der Waals surface area contributed by atoms with Crippen molar-refractivity contribution < 1.29 is 9.59 Å². The number of aromatic amines is 1. The molecular formula is C23H22N4O2. The van der Waals surface area contributed by atoms with Crippen LogP contribution >= 0.6 is 0 Å². The van der Waals surface area contributed by atoms with Crippen molar-refractivity contribution in [1.29, 1.82) is 0 Å². The summed E-state index contributed by atoms with van der Waals surface area (Å²) < 4.78 is 0. The van der Waals surface area contributed by atoms with Crippen LogP contribution in [0, 0.1) is 6.92 Å². The number of hydrogen-bond acceptors (Lipinski definition) is 3. The molecule has 0 saturated heterocycles. The molecule has 0 saturated carbocycles. The van der Waals surface area contributed by atoms with Crippen molar-refractivity contribution in [1.82, 2.24) is 20.6 Å². The molecule has 0 aliphatic carbocycles. The Morgan fingerprint density at radius 1 is 0.897 bits per heavy atom. The minimum absolute atomic E-state index is 0.0964. The number of aromatic nitrogens is 2. The summed E-state index contributed by atoms with van der Waals surface area (Å²) >= 11 is 0. The molecule has 3 N–H and O–H groups in total. The molecule has 0 aliphatic heterocycles. The molecule has 6 nitrogen and oxygen atoms in total. The topological polar surface area (TPSA) is 86.9 Å². The highest BCUT2D eigenvalue weighted by atomic mass is 16.2. The number of nitrogens with one attached hydrogen (secondary N) is 3. The van der Waals surface area contributed by atoms with E-state index in [1.807, 2.05) is 55.5 Å². The van der Waals surface area contributed by atoms with E-state index in [4.69, 9.17) is 0 Å². The number of H-pyrrole nitrogens is 1. The lowest BCUT2D eigenvalue weighted by Gasteiger charge is -2.08. The lowest BCUT2D eigenvalue weighted by molar-refractivity contribution is 0.0948. The standard InChI is InChI=1S/C23H22N4O2/c1-15-7-2-3-8-16(15)22(28)24-11-6-12-25-23(29)20-13-18-17-9-4-5-10-19(17)27-21(18)14-26-20/h2-5,7-10,13-14,27H,6,11-12H2,1H3,(H,24,28)(H,25,29). The number of carbonyl (C=O) groups excluding carboxylic acids is 2. The highest BCUT2D eigenvalue weighted by Gasteiger charge is 2.11. The van der Waals surface area contributed by atoms with E-state index in [1.165, 1.54) is 0 Å². The van der Waals surface area contributed by atoms with Crippen LogP contribution in [0.2, 0.25) is 0 Å². The largest absolute Gasteiger partial charge is 0.353 e. The quantitative estimate of drug-likeness (QED) is 0.443. The van der Waals surface area contributed by atoms with E-state index < -0.39 is 0 Å². The Morgan fingerprint density at radius 3 is 2.45 bits per heavy atom. The summed E-state index contributed by atoms with van der Waals surface area (Å²) in [4.78, 5) is 32.2. The third-order valence-electron chi connectivity index (χ3n) is 4.94. The highest BCUT2D eigenvalue weighted by molar-refractivity contribution is 6.09. The second-order valence-electron chi connectivity index (χ2n) is 6.97. The average Bonchev–Trinajstić information content (AvgIpc) is 3.11. The van der Waals surface area contributed by atoms with Crippen molar-refractivity contribution in [3.63, 3.8) is 0 Å². The molecule has 0 radical (unpaired) electrons. The van der Waals surface area contributed by atoms with Gasteiger partial charge in [0.25, 0.3) is 11.8 Å². The zero-order valence-electron chi connectivity index (χ0n) is 16.2. The molecule has 0 bridgehead atoms. The number of amides is 2. The van der Waals surface area contributed by atoms with Crippen molar-refractivity contribution in [3.05, 3.63) is 77.6 Å². The fraction of sp³-hybridized carbons (Fsp3) is 0.174. The van der Waals surface area contributed by atoms with Gasteiger partial charge >= 0.3 is 0 Å². The van der Waals surface area contributed by atoms with Gasteiger partial charge in [0.05, 0.1) is 11.7 Å². The lowest BCUT2D eigenvalue weighted by Crippen LogP contribution is -2.30. The number of para-hydroxylation sites is 1. The Hall–Kier alpha value is -3.67. The SMILES string of the molecule is Cc1ccccc1C(=O)NCCCNC(=O)c1cc2c(cn1)[nH]c1ccccc12. The van der Waals surface area contributed by atoms with Crippen LogP contribution in [0.4, 0.5) is 0 Å². The minimum Gasteiger partial charge on any atom is -0.353 e. The van der Waals surface area contributed by atoms with Crippen LogP contribution in [-0.4, -0.2) is 34.9 Å². The van der Waals surface area contributed by atoms with E-state index in [-0.39, 0.29) is 11.8 Å². The predicted molar refractivity (Wildman–Crippen MR) is 114 cm³/mol. The van der Waals surface area contributed by atoms with E-state index in [0.717, 1.165) is 27.4 Å². The average molecular weight is 386 g/mol. The van der Waals surface area contributed by atoms with Crippen LogP contribution in [-0.2, 0) is 0 Å². The van der Waals surface area contributed by atoms with Crippen molar-refractivity contribution >= 4 is 33.6 Å². The summed E-state index contributed by atoms with van der Waals surface area (Å²) in [7, 11) is 0. The summed E-state index contributed by atoms with van der Waals surface area (Å²) in [6.07, 6.45) is 2.32. The van der Waals surface area contributed by atoms with E-state index in [1.54, 1.807) is 12.3 Å². The Bertz CT molecular complexity index is 1200. The molecule has 6 heteroatoms. The van der Waals surface area contributed by atoms with Gasteiger partial charge in [0.2, 0.25) is 0 Å². The molecule has 0 fully saturated rings. The maximum absolute atomic E-state index is 12.4. The van der Waals surface area contributed by atoms with Crippen LogP contribution in [0.15, 0.2) is 60.8 Å². The number of benzene rings is 2. The summed E-state index contributed by atoms with van der Waals surface area (Å²) in [6.45, 7) is 2.86. The molecule has 0 spiro atoms. The number of nitrogens with zero attached hydrogens (tertiary/aromatic N) is 1. The maximum Gasteiger partial charge on any atom is 0.269 e. The molecule has 0 unspecified atom stereocenters. The van der Waals surface area contributed by atoms with E-state index >= 15 is 0 Å². The third-order valence-corrected chi connectivity index (χ3v) is 4.94. The van der Waals surface area contributed by atoms with Gasteiger partial charge in [-0.25, -0.2) is 4.98 Å². The summed E-state index contributed by atoms with van der Waals surface area (Å²) in [5.74, 6) is -0.316. The first kappa shape index (κ1) is 18.7. The molecule has 2 amide bonds. The van der Waals surface area contributed by atoms with Gasteiger partial charge < -0.3 is 15.6 Å². The van der Waals surface area contributed by atoms with Crippen molar-refractivity contribution in [3.8, 4) is 0 Å². The number of pyridine rings is 1. The molecule has 2 aromatic carbocycles. The fourth-order valence-corrected chi connectivity index (χ4v) is 3.38. The Kier molecular flexibility index (Phi) is 5.24. The van der Waals surface area contributed by atoms with Gasteiger partial charge in [-0.15, -0.1) is 0 Å². The van der Waals surface area contributed by atoms with E-state index in [0.29, 0.717) is 30.8 Å². The molecule has 146 valence electrons.